The molecule has 0 aliphatic heterocycles. The number of hydrogen-bond donors (Lipinski definition) is 1. The minimum Gasteiger partial charge on any atom is -0.497 e. The lowest BCUT2D eigenvalue weighted by atomic mass is 10.2. The quantitative estimate of drug-likeness (QED) is 0.847. The molecule has 0 atom stereocenters. The first-order chi connectivity index (χ1) is 8.31. The van der Waals surface area contributed by atoms with Crippen LogP contribution >= 0.6 is 0 Å². The first kappa shape index (κ1) is 13.9. The molecule has 0 aliphatic rings. The van der Waals surface area contributed by atoms with Gasteiger partial charge in [0, 0.05) is 17.7 Å². The molecule has 1 rings (SSSR count). The van der Waals surface area contributed by atoms with Crippen LogP contribution in [-0.2, 0) is 4.79 Å². The maximum Gasteiger partial charge on any atom is 0.573 e. The van der Waals surface area contributed by atoms with Crippen LogP contribution < -0.4 is 9.47 Å². The van der Waals surface area contributed by atoms with Crippen molar-refractivity contribution in [1.29, 1.82) is 0 Å². The first-order valence-corrected chi connectivity index (χ1v) is 4.66. The summed E-state index contributed by atoms with van der Waals surface area (Å²) in [5.74, 6) is -1.63. The fourth-order valence-corrected chi connectivity index (χ4v) is 1.15. The van der Waals surface area contributed by atoms with Gasteiger partial charge in [-0.05, 0) is 18.2 Å². The predicted octanol–water partition coefficient (Wildman–Crippen LogP) is 2.69. The number of rotatable bonds is 4. The molecule has 0 spiro atoms. The lowest BCUT2D eigenvalue weighted by Crippen LogP contribution is -2.17. The molecule has 1 N–H and O–H groups in total. The Bertz CT molecular complexity index is 466. The molecule has 0 aromatic heterocycles. The van der Waals surface area contributed by atoms with Gasteiger partial charge in [-0.15, -0.1) is 13.2 Å². The van der Waals surface area contributed by atoms with Crippen LogP contribution in [0.1, 0.15) is 5.56 Å². The number of hydrogen-bond acceptors (Lipinski definition) is 3. The van der Waals surface area contributed by atoms with Gasteiger partial charge >= 0.3 is 12.3 Å². The highest BCUT2D eigenvalue weighted by Gasteiger charge is 2.32. The molecule has 0 saturated heterocycles. The van der Waals surface area contributed by atoms with Gasteiger partial charge in [0.2, 0.25) is 0 Å². The van der Waals surface area contributed by atoms with Gasteiger partial charge in [-0.1, -0.05) is 0 Å². The lowest BCUT2D eigenvalue weighted by Gasteiger charge is -2.12. The molecule has 1 aromatic rings. The summed E-state index contributed by atoms with van der Waals surface area (Å²) >= 11 is 0. The second-order valence-electron chi connectivity index (χ2n) is 3.12. The number of benzene rings is 1. The molecule has 0 saturated carbocycles. The third kappa shape index (κ3) is 4.36. The number of carbonyl (C=O) groups is 1. The zero-order valence-electron chi connectivity index (χ0n) is 9.19. The highest BCUT2D eigenvalue weighted by atomic mass is 19.4. The second kappa shape index (κ2) is 5.44. The molecular weight excluding hydrogens is 253 g/mol. The van der Waals surface area contributed by atoms with Crippen LogP contribution in [0.5, 0.6) is 11.5 Å². The summed E-state index contributed by atoms with van der Waals surface area (Å²) in [6, 6.07) is 3.68. The van der Waals surface area contributed by atoms with Crippen LogP contribution in [0.25, 0.3) is 6.08 Å². The topological polar surface area (TPSA) is 55.8 Å². The summed E-state index contributed by atoms with van der Waals surface area (Å²) in [6.45, 7) is 0. The number of carboxylic acids is 1. The average molecular weight is 262 g/mol. The van der Waals surface area contributed by atoms with Crippen molar-refractivity contribution in [1.82, 2.24) is 0 Å². The highest BCUT2D eigenvalue weighted by molar-refractivity contribution is 5.86. The Kier molecular flexibility index (Phi) is 4.19. The van der Waals surface area contributed by atoms with Crippen molar-refractivity contribution < 1.29 is 32.5 Å². The maximum absolute atomic E-state index is 12.2. The van der Waals surface area contributed by atoms with Gasteiger partial charge in [0.05, 0.1) is 7.11 Å². The summed E-state index contributed by atoms with van der Waals surface area (Å²) < 4.78 is 45.0. The van der Waals surface area contributed by atoms with Crippen molar-refractivity contribution in [3.05, 3.63) is 29.8 Å². The van der Waals surface area contributed by atoms with E-state index in [4.69, 9.17) is 9.84 Å². The molecule has 0 aliphatic carbocycles. The Hall–Kier alpha value is -2.18. The highest BCUT2D eigenvalue weighted by Crippen LogP contribution is 2.30. The van der Waals surface area contributed by atoms with E-state index >= 15 is 0 Å². The number of halogens is 3. The van der Waals surface area contributed by atoms with E-state index in [9.17, 15) is 18.0 Å². The van der Waals surface area contributed by atoms with Gasteiger partial charge in [0.1, 0.15) is 11.5 Å². The Labute approximate surface area is 100 Å². The summed E-state index contributed by atoms with van der Waals surface area (Å²) in [5, 5.41) is 8.42. The molecule has 0 radical (unpaired) electrons. The summed E-state index contributed by atoms with van der Waals surface area (Å²) in [4.78, 5) is 10.3. The van der Waals surface area contributed by atoms with Crippen LogP contribution in [0.15, 0.2) is 24.3 Å². The van der Waals surface area contributed by atoms with Crippen LogP contribution in [-0.4, -0.2) is 24.5 Å². The van der Waals surface area contributed by atoms with Crippen molar-refractivity contribution in [2.75, 3.05) is 7.11 Å². The minimum absolute atomic E-state index is 0.0180. The van der Waals surface area contributed by atoms with Gasteiger partial charge in [0.25, 0.3) is 0 Å². The first-order valence-electron chi connectivity index (χ1n) is 4.66. The molecule has 18 heavy (non-hydrogen) atoms. The fourth-order valence-electron chi connectivity index (χ4n) is 1.15. The van der Waals surface area contributed by atoms with E-state index in [-0.39, 0.29) is 11.3 Å². The molecule has 1 aromatic carbocycles. The van der Waals surface area contributed by atoms with Gasteiger partial charge < -0.3 is 14.6 Å². The zero-order valence-corrected chi connectivity index (χ0v) is 9.19. The van der Waals surface area contributed by atoms with E-state index in [1.807, 2.05) is 0 Å². The molecule has 0 unspecified atom stereocenters. The summed E-state index contributed by atoms with van der Waals surface area (Å²) in [5.41, 5.74) is -0.0180. The van der Waals surface area contributed by atoms with Crippen LogP contribution in [0, 0.1) is 0 Å². The SMILES string of the molecule is COc1ccc(/C=C/C(=O)O)c(OC(F)(F)F)c1. The van der Waals surface area contributed by atoms with Crippen molar-refractivity contribution in [3.63, 3.8) is 0 Å². The van der Waals surface area contributed by atoms with Crippen LogP contribution in [0.2, 0.25) is 0 Å². The second-order valence-corrected chi connectivity index (χ2v) is 3.12. The number of ether oxygens (including phenoxy) is 2. The number of alkyl halides is 3. The van der Waals surface area contributed by atoms with Crippen molar-refractivity contribution in [2.24, 2.45) is 0 Å². The van der Waals surface area contributed by atoms with Crippen molar-refractivity contribution in [3.8, 4) is 11.5 Å². The van der Waals surface area contributed by atoms with Gasteiger partial charge in [-0.25, -0.2) is 4.79 Å². The van der Waals surface area contributed by atoms with E-state index in [0.717, 1.165) is 12.1 Å². The van der Waals surface area contributed by atoms with Crippen molar-refractivity contribution in [2.45, 2.75) is 6.36 Å². The monoisotopic (exact) mass is 262 g/mol. The molecule has 7 heteroatoms. The van der Waals surface area contributed by atoms with Gasteiger partial charge in [-0.2, -0.15) is 0 Å². The number of carboxylic acid groups (broad SMARTS) is 1. The normalized spacial score (nSPS) is 11.6. The Balaban J connectivity index is 3.12. The van der Waals surface area contributed by atoms with E-state index in [1.165, 1.54) is 19.2 Å². The third-order valence-corrected chi connectivity index (χ3v) is 1.85. The average Bonchev–Trinajstić information content (AvgIpc) is 2.25. The van der Waals surface area contributed by atoms with E-state index < -0.39 is 18.1 Å². The molecule has 0 amide bonds. The zero-order chi connectivity index (χ0) is 13.8. The number of methoxy groups -OCH3 is 1. The predicted molar refractivity (Wildman–Crippen MR) is 56.3 cm³/mol. The molecule has 98 valence electrons. The van der Waals surface area contributed by atoms with Crippen molar-refractivity contribution >= 4 is 12.0 Å². The van der Waals surface area contributed by atoms with Crippen LogP contribution in [0.3, 0.4) is 0 Å². The Morgan fingerprint density at radius 3 is 2.56 bits per heavy atom. The van der Waals surface area contributed by atoms with E-state index in [0.29, 0.717) is 6.08 Å². The number of aliphatic carboxylic acids is 1. The standard InChI is InChI=1S/C11H9F3O4/c1-17-8-4-2-7(3-5-10(15)16)9(6-8)18-11(12,13)14/h2-6H,1H3,(H,15,16)/b5-3+. The molecule has 4 nitrogen and oxygen atoms in total. The molecule has 0 bridgehead atoms. The smallest absolute Gasteiger partial charge is 0.497 e. The largest absolute Gasteiger partial charge is 0.573 e. The lowest BCUT2D eigenvalue weighted by molar-refractivity contribution is -0.274. The molecule has 0 heterocycles. The summed E-state index contributed by atoms with van der Waals surface area (Å²) in [6.07, 6.45) is -3.15. The Morgan fingerprint density at radius 1 is 1.39 bits per heavy atom. The maximum atomic E-state index is 12.2. The van der Waals surface area contributed by atoms with Gasteiger partial charge in [-0.3, -0.25) is 0 Å². The van der Waals surface area contributed by atoms with Gasteiger partial charge in [0.15, 0.2) is 0 Å². The molecule has 0 fully saturated rings. The van der Waals surface area contributed by atoms with E-state index in [1.54, 1.807) is 0 Å². The van der Waals surface area contributed by atoms with E-state index in [2.05, 4.69) is 4.74 Å². The Morgan fingerprint density at radius 2 is 2.06 bits per heavy atom. The third-order valence-electron chi connectivity index (χ3n) is 1.85. The molecular formula is C11H9F3O4. The fraction of sp³-hybridized carbons (Fsp3) is 0.182. The summed E-state index contributed by atoms with van der Waals surface area (Å²) in [7, 11) is 1.29. The van der Waals surface area contributed by atoms with Crippen LogP contribution in [0.4, 0.5) is 13.2 Å². The minimum atomic E-state index is -4.86.